The number of aliphatic imine (C=N–C) groups is 1. The molecule has 0 spiro atoms. The highest BCUT2D eigenvalue weighted by atomic mass is 16.2. The van der Waals surface area contributed by atoms with Gasteiger partial charge in [0, 0.05) is 0 Å². The Morgan fingerprint density at radius 2 is 2.07 bits per heavy atom. The van der Waals surface area contributed by atoms with E-state index in [1.807, 2.05) is 13.8 Å². The van der Waals surface area contributed by atoms with Gasteiger partial charge in [-0.1, -0.05) is 0 Å². The molecule has 4 nitrogen and oxygen atoms in total. The van der Waals surface area contributed by atoms with Crippen molar-refractivity contribution >= 4 is 11.7 Å². The summed E-state index contributed by atoms with van der Waals surface area (Å²) in [5, 5.41) is 6.10. The molecule has 1 amide bonds. The van der Waals surface area contributed by atoms with Gasteiger partial charge >= 0.3 is 0 Å². The van der Waals surface area contributed by atoms with Crippen molar-refractivity contribution in [3.63, 3.8) is 0 Å². The molecule has 4 heteroatoms. The van der Waals surface area contributed by atoms with Gasteiger partial charge in [-0.3, -0.25) is 9.79 Å². The normalized spacial score (nSPS) is 34.1. The van der Waals surface area contributed by atoms with Crippen molar-refractivity contribution in [3.05, 3.63) is 0 Å². The summed E-state index contributed by atoms with van der Waals surface area (Å²) in [4.78, 5) is 16.2. The van der Waals surface area contributed by atoms with Crippen molar-refractivity contribution in [2.24, 2.45) is 10.9 Å². The van der Waals surface area contributed by atoms with E-state index in [1.54, 1.807) is 0 Å². The van der Waals surface area contributed by atoms with E-state index < -0.39 is 5.54 Å². The van der Waals surface area contributed by atoms with Crippen LogP contribution in [0.4, 0.5) is 0 Å². The second-order valence-electron chi connectivity index (χ2n) is 4.32. The molecule has 2 N–H and O–H groups in total. The minimum atomic E-state index is -0.508. The first kappa shape index (κ1) is 9.65. The maximum atomic E-state index is 11.8. The van der Waals surface area contributed by atoms with Crippen molar-refractivity contribution in [2.45, 2.75) is 32.2 Å². The van der Waals surface area contributed by atoms with Gasteiger partial charge in [-0.25, -0.2) is 0 Å². The van der Waals surface area contributed by atoms with Gasteiger partial charge in [0.2, 0.25) is 0 Å². The largest absolute Gasteiger partial charge is 0.317 e. The van der Waals surface area contributed by atoms with Gasteiger partial charge in [-0.05, 0) is 45.7 Å². The molecule has 2 aliphatic heterocycles. The number of carbonyl (C=O) groups is 1. The van der Waals surface area contributed by atoms with E-state index in [4.69, 9.17) is 0 Å². The lowest BCUT2D eigenvalue weighted by Crippen LogP contribution is -2.47. The molecule has 2 heterocycles. The van der Waals surface area contributed by atoms with Gasteiger partial charge in [0.05, 0.1) is 0 Å². The van der Waals surface area contributed by atoms with Gasteiger partial charge in [0.1, 0.15) is 11.4 Å². The number of hydrogen-bond acceptors (Lipinski definition) is 3. The van der Waals surface area contributed by atoms with E-state index in [-0.39, 0.29) is 5.91 Å². The van der Waals surface area contributed by atoms with E-state index >= 15 is 0 Å². The number of amidine groups is 1. The molecule has 1 unspecified atom stereocenters. The van der Waals surface area contributed by atoms with Crippen LogP contribution in [0.3, 0.4) is 0 Å². The summed E-state index contributed by atoms with van der Waals surface area (Å²) >= 11 is 0. The Morgan fingerprint density at radius 3 is 2.57 bits per heavy atom. The molecule has 1 saturated heterocycles. The molecule has 0 aromatic carbocycles. The van der Waals surface area contributed by atoms with Crippen LogP contribution in [0.5, 0.6) is 0 Å². The zero-order valence-corrected chi connectivity index (χ0v) is 8.76. The molecule has 1 atom stereocenters. The SMILES string of the molecule is CC1=NC(C)(C2CCNCC2)C(=O)N1. The molecule has 0 aromatic heterocycles. The highest BCUT2D eigenvalue weighted by Crippen LogP contribution is 2.32. The van der Waals surface area contributed by atoms with E-state index in [0.717, 1.165) is 31.8 Å². The van der Waals surface area contributed by atoms with Gasteiger partial charge < -0.3 is 10.6 Å². The van der Waals surface area contributed by atoms with Crippen LogP contribution in [0.15, 0.2) is 4.99 Å². The molecule has 0 radical (unpaired) electrons. The number of piperidine rings is 1. The van der Waals surface area contributed by atoms with E-state index in [1.165, 1.54) is 0 Å². The molecule has 0 bridgehead atoms. The topological polar surface area (TPSA) is 53.5 Å². The van der Waals surface area contributed by atoms with E-state index in [2.05, 4.69) is 15.6 Å². The second-order valence-corrected chi connectivity index (χ2v) is 4.32. The third-order valence-electron chi connectivity index (χ3n) is 3.29. The number of hydrogen-bond donors (Lipinski definition) is 2. The van der Waals surface area contributed by atoms with Crippen LogP contribution in [0.25, 0.3) is 0 Å². The number of nitrogens with zero attached hydrogens (tertiary/aromatic N) is 1. The van der Waals surface area contributed by atoms with Crippen LogP contribution in [-0.2, 0) is 4.79 Å². The highest BCUT2D eigenvalue weighted by Gasteiger charge is 2.44. The molecular formula is C10H17N3O. The van der Waals surface area contributed by atoms with E-state index in [9.17, 15) is 4.79 Å². The first-order valence-electron chi connectivity index (χ1n) is 5.21. The fraction of sp³-hybridized carbons (Fsp3) is 0.800. The molecule has 78 valence electrons. The Bertz CT molecular complexity index is 281. The van der Waals surface area contributed by atoms with Gasteiger partial charge in [0.15, 0.2) is 0 Å². The van der Waals surface area contributed by atoms with Crippen LogP contribution >= 0.6 is 0 Å². The minimum Gasteiger partial charge on any atom is -0.317 e. The summed E-state index contributed by atoms with van der Waals surface area (Å²) in [6.45, 7) is 5.81. The van der Waals surface area contributed by atoms with Gasteiger partial charge in [-0.15, -0.1) is 0 Å². The standard InChI is InChI=1S/C10H17N3O/c1-7-12-9(14)10(2,13-7)8-3-5-11-6-4-8/h8,11H,3-6H2,1-2H3,(H,12,13,14). The molecule has 2 aliphatic rings. The lowest BCUT2D eigenvalue weighted by atomic mass is 9.80. The minimum absolute atomic E-state index is 0.0712. The lowest BCUT2D eigenvalue weighted by Gasteiger charge is -2.32. The lowest BCUT2D eigenvalue weighted by molar-refractivity contribution is -0.125. The molecule has 0 aromatic rings. The fourth-order valence-electron chi connectivity index (χ4n) is 2.38. The summed E-state index contributed by atoms with van der Waals surface area (Å²) in [6.07, 6.45) is 2.08. The monoisotopic (exact) mass is 195 g/mol. The summed E-state index contributed by atoms with van der Waals surface area (Å²) in [6, 6.07) is 0. The maximum absolute atomic E-state index is 11.8. The van der Waals surface area contributed by atoms with Crippen molar-refractivity contribution in [1.29, 1.82) is 0 Å². The Hall–Kier alpha value is -0.900. The quantitative estimate of drug-likeness (QED) is 0.632. The zero-order valence-electron chi connectivity index (χ0n) is 8.76. The molecule has 2 rings (SSSR count). The highest BCUT2D eigenvalue weighted by molar-refractivity contribution is 6.07. The first-order chi connectivity index (χ1) is 6.63. The molecular weight excluding hydrogens is 178 g/mol. The third kappa shape index (κ3) is 1.43. The number of carbonyl (C=O) groups excluding carboxylic acids is 1. The van der Waals surface area contributed by atoms with Gasteiger partial charge in [0.25, 0.3) is 5.91 Å². The summed E-state index contributed by atoms with van der Waals surface area (Å²) in [5.74, 6) is 1.22. The number of rotatable bonds is 1. The Balaban J connectivity index is 2.17. The van der Waals surface area contributed by atoms with Crippen LogP contribution in [0.2, 0.25) is 0 Å². The van der Waals surface area contributed by atoms with Crippen LogP contribution in [0.1, 0.15) is 26.7 Å². The number of amides is 1. The summed E-state index contributed by atoms with van der Waals surface area (Å²) in [5.41, 5.74) is -0.508. The smallest absolute Gasteiger partial charge is 0.253 e. The first-order valence-corrected chi connectivity index (χ1v) is 5.21. The zero-order chi connectivity index (χ0) is 10.2. The Kier molecular flexibility index (Phi) is 2.31. The van der Waals surface area contributed by atoms with Crippen molar-refractivity contribution < 1.29 is 4.79 Å². The molecule has 0 aliphatic carbocycles. The van der Waals surface area contributed by atoms with Gasteiger partial charge in [-0.2, -0.15) is 0 Å². The van der Waals surface area contributed by atoms with Crippen LogP contribution < -0.4 is 10.6 Å². The average molecular weight is 195 g/mol. The fourth-order valence-corrected chi connectivity index (χ4v) is 2.38. The van der Waals surface area contributed by atoms with Crippen molar-refractivity contribution in [1.82, 2.24) is 10.6 Å². The molecule has 0 saturated carbocycles. The van der Waals surface area contributed by atoms with Crippen molar-refractivity contribution in [3.8, 4) is 0 Å². The second kappa shape index (κ2) is 3.35. The maximum Gasteiger partial charge on any atom is 0.253 e. The Labute approximate surface area is 84.2 Å². The van der Waals surface area contributed by atoms with Crippen LogP contribution in [-0.4, -0.2) is 30.4 Å². The molecule has 1 fully saturated rings. The third-order valence-corrected chi connectivity index (χ3v) is 3.29. The van der Waals surface area contributed by atoms with E-state index in [0.29, 0.717) is 5.92 Å². The van der Waals surface area contributed by atoms with Crippen molar-refractivity contribution in [2.75, 3.05) is 13.1 Å². The predicted molar refractivity (Wildman–Crippen MR) is 55.3 cm³/mol. The van der Waals surface area contributed by atoms with Crippen LogP contribution in [0, 0.1) is 5.92 Å². The average Bonchev–Trinajstić information content (AvgIpc) is 2.43. The Morgan fingerprint density at radius 1 is 1.43 bits per heavy atom. The summed E-state index contributed by atoms with van der Waals surface area (Å²) < 4.78 is 0. The summed E-state index contributed by atoms with van der Waals surface area (Å²) in [7, 11) is 0. The molecule has 14 heavy (non-hydrogen) atoms. The number of nitrogens with one attached hydrogen (secondary N) is 2. The predicted octanol–water partition coefficient (Wildman–Crippen LogP) is 0.293.